The lowest BCUT2D eigenvalue weighted by atomic mass is 9.95. The minimum Gasteiger partial charge on any atom is -0.352 e. The predicted octanol–water partition coefficient (Wildman–Crippen LogP) is 2.24. The molecular formula is C18H26N4O3. The predicted molar refractivity (Wildman–Crippen MR) is 97.6 cm³/mol. The van der Waals surface area contributed by atoms with E-state index in [4.69, 9.17) is 0 Å². The normalized spacial score (nSPS) is 14.5. The van der Waals surface area contributed by atoms with Gasteiger partial charge >= 0.3 is 6.03 Å². The van der Waals surface area contributed by atoms with Crippen molar-refractivity contribution < 1.29 is 14.4 Å². The maximum Gasteiger partial charge on any atom is 0.319 e. The molecule has 136 valence electrons. The fourth-order valence-electron chi connectivity index (χ4n) is 2.81. The molecule has 1 aromatic carbocycles. The van der Waals surface area contributed by atoms with E-state index >= 15 is 0 Å². The minimum atomic E-state index is -0.438. The number of amides is 4. The number of nitrogens with one attached hydrogen (secondary N) is 3. The zero-order valence-electron chi connectivity index (χ0n) is 14.8. The molecule has 1 aliphatic carbocycles. The van der Waals surface area contributed by atoms with Crippen LogP contribution >= 0.6 is 0 Å². The fraction of sp³-hybridized carbons (Fsp3) is 0.500. The number of urea groups is 1. The lowest BCUT2D eigenvalue weighted by Gasteiger charge is -2.22. The largest absolute Gasteiger partial charge is 0.352 e. The van der Waals surface area contributed by atoms with Gasteiger partial charge < -0.3 is 20.9 Å². The summed E-state index contributed by atoms with van der Waals surface area (Å²) in [5, 5.41) is 8.16. The summed E-state index contributed by atoms with van der Waals surface area (Å²) >= 11 is 0. The van der Waals surface area contributed by atoms with Crippen LogP contribution in [-0.2, 0) is 9.59 Å². The van der Waals surface area contributed by atoms with Crippen LogP contribution in [0, 0.1) is 0 Å². The molecule has 25 heavy (non-hydrogen) atoms. The topological polar surface area (TPSA) is 90.5 Å². The van der Waals surface area contributed by atoms with E-state index in [0.717, 1.165) is 31.4 Å². The maximum absolute atomic E-state index is 11.9. The Hall–Kier alpha value is -2.57. The van der Waals surface area contributed by atoms with Gasteiger partial charge in [0.25, 0.3) is 0 Å². The van der Waals surface area contributed by atoms with Gasteiger partial charge in [0.2, 0.25) is 11.8 Å². The molecule has 0 spiro atoms. The van der Waals surface area contributed by atoms with Crippen LogP contribution in [0.1, 0.15) is 39.0 Å². The van der Waals surface area contributed by atoms with Crippen molar-refractivity contribution in [3.05, 3.63) is 24.3 Å². The van der Waals surface area contributed by atoms with Gasteiger partial charge in [0.15, 0.2) is 0 Å². The second kappa shape index (κ2) is 9.05. The molecule has 1 aromatic rings. The maximum atomic E-state index is 11.9. The first-order valence-electron chi connectivity index (χ1n) is 8.64. The lowest BCUT2D eigenvalue weighted by Crippen LogP contribution is -2.43. The quantitative estimate of drug-likeness (QED) is 0.764. The summed E-state index contributed by atoms with van der Waals surface area (Å²) in [7, 11) is 1.68. The van der Waals surface area contributed by atoms with Gasteiger partial charge in [-0.1, -0.05) is 19.3 Å². The molecule has 0 aliphatic heterocycles. The second-order valence-corrected chi connectivity index (χ2v) is 6.34. The smallest absolute Gasteiger partial charge is 0.319 e. The van der Waals surface area contributed by atoms with Crippen LogP contribution in [0.4, 0.5) is 16.2 Å². The Balaban J connectivity index is 1.74. The highest BCUT2D eigenvalue weighted by Crippen LogP contribution is 2.17. The third-order valence-corrected chi connectivity index (χ3v) is 4.36. The molecule has 7 heteroatoms. The zero-order chi connectivity index (χ0) is 18.2. The average Bonchev–Trinajstić information content (AvgIpc) is 2.61. The number of hydrogen-bond acceptors (Lipinski definition) is 3. The van der Waals surface area contributed by atoms with Crippen LogP contribution in [0.25, 0.3) is 0 Å². The monoisotopic (exact) mass is 346 g/mol. The van der Waals surface area contributed by atoms with Gasteiger partial charge in [0.1, 0.15) is 0 Å². The summed E-state index contributed by atoms with van der Waals surface area (Å²) in [5.41, 5.74) is 1.33. The highest BCUT2D eigenvalue weighted by molar-refractivity contribution is 5.93. The van der Waals surface area contributed by atoms with Crippen LogP contribution in [0.5, 0.6) is 0 Å². The third kappa shape index (κ3) is 6.10. The van der Waals surface area contributed by atoms with E-state index in [1.54, 1.807) is 31.3 Å². The van der Waals surface area contributed by atoms with Gasteiger partial charge in [-0.05, 0) is 37.1 Å². The van der Waals surface area contributed by atoms with Crippen LogP contribution in [0.15, 0.2) is 24.3 Å². The van der Waals surface area contributed by atoms with Crippen LogP contribution in [0.3, 0.4) is 0 Å². The summed E-state index contributed by atoms with van der Waals surface area (Å²) in [5.74, 6) is -0.233. The highest BCUT2D eigenvalue weighted by Gasteiger charge is 2.16. The van der Waals surface area contributed by atoms with Crippen molar-refractivity contribution in [1.29, 1.82) is 0 Å². The van der Waals surface area contributed by atoms with Crippen molar-refractivity contribution in [1.82, 2.24) is 10.6 Å². The van der Waals surface area contributed by atoms with E-state index in [2.05, 4.69) is 16.0 Å². The number of carbonyl (C=O) groups is 3. The van der Waals surface area contributed by atoms with E-state index in [0.29, 0.717) is 5.69 Å². The van der Waals surface area contributed by atoms with Crippen LogP contribution < -0.4 is 20.9 Å². The molecule has 3 N–H and O–H groups in total. The molecule has 0 unspecified atom stereocenters. The van der Waals surface area contributed by atoms with Crippen molar-refractivity contribution >= 4 is 29.2 Å². The second-order valence-electron chi connectivity index (χ2n) is 6.34. The van der Waals surface area contributed by atoms with E-state index < -0.39 is 6.03 Å². The number of anilines is 2. The Kier molecular flexibility index (Phi) is 6.80. The van der Waals surface area contributed by atoms with Gasteiger partial charge in [0.05, 0.1) is 6.54 Å². The van der Waals surface area contributed by atoms with E-state index in [9.17, 15) is 14.4 Å². The van der Waals surface area contributed by atoms with Crippen molar-refractivity contribution in [2.24, 2.45) is 0 Å². The van der Waals surface area contributed by atoms with E-state index in [-0.39, 0.29) is 24.4 Å². The summed E-state index contributed by atoms with van der Waals surface area (Å²) in [6, 6.07) is 6.69. The Labute approximate surface area is 148 Å². The molecular weight excluding hydrogens is 320 g/mol. The van der Waals surface area contributed by atoms with Crippen molar-refractivity contribution in [3.63, 3.8) is 0 Å². The number of hydrogen-bond donors (Lipinski definition) is 3. The first-order chi connectivity index (χ1) is 12.0. The van der Waals surface area contributed by atoms with Gasteiger partial charge in [-0.3, -0.25) is 9.59 Å². The molecule has 0 aromatic heterocycles. The molecule has 0 heterocycles. The number of rotatable bonds is 5. The van der Waals surface area contributed by atoms with Gasteiger partial charge in [-0.15, -0.1) is 0 Å². The minimum absolute atomic E-state index is 0.0481. The van der Waals surface area contributed by atoms with Gasteiger partial charge in [0, 0.05) is 31.4 Å². The summed E-state index contributed by atoms with van der Waals surface area (Å²) in [6.45, 7) is 1.44. The fourth-order valence-corrected chi connectivity index (χ4v) is 2.81. The molecule has 0 radical (unpaired) electrons. The molecule has 2 rings (SSSR count). The average molecular weight is 346 g/mol. The molecule has 0 saturated heterocycles. The standard InChI is InChI=1S/C18H26N4O3/c1-13(23)22(2)16-10-8-15(9-11-16)21-18(25)19-12-17(24)20-14-6-4-3-5-7-14/h8-11,14H,3-7,12H2,1-2H3,(H,20,24)(H2,19,21,25). The van der Waals surface area contributed by atoms with Crippen molar-refractivity contribution in [2.45, 2.75) is 45.1 Å². The van der Waals surface area contributed by atoms with Crippen LogP contribution in [0.2, 0.25) is 0 Å². The molecule has 1 fully saturated rings. The van der Waals surface area contributed by atoms with Crippen LogP contribution in [-0.4, -0.2) is 37.5 Å². The molecule has 1 saturated carbocycles. The number of carbonyl (C=O) groups excluding carboxylic acids is 3. The Morgan fingerprint density at radius 1 is 1.08 bits per heavy atom. The summed E-state index contributed by atoms with van der Waals surface area (Å²) in [4.78, 5) is 36.6. The molecule has 0 bridgehead atoms. The molecule has 7 nitrogen and oxygen atoms in total. The summed E-state index contributed by atoms with van der Waals surface area (Å²) in [6.07, 6.45) is 5.55. The lowest BCUT2D eigenvalue weighted by molar-refractivity contribution is -0.121. The van der Waals surface area contributed by atoms with Crippen molar-refractivity contribution in [2.75, 3.05) is 23.8 Å². The third-order valence-electron chi connectivity index (χ3n) is 4.36. The van der Waals surface area contributed by atoms with Gasteiger partial charge in [-0.2, -0.15) is 0 Å². The Morgan fingerprint density at radius 3 is 2.32 bits per heavy atom. The van der Waals surface area contributed by atoms with Gasteiger partial charge in [-0.25, -0.2) is 4.79 Å². The Morgan fingerprint density at radius 2 is 1.72 bits per heavy atom. The Bertz CT molecular complexity index is 609. The number of benzene rings is 1. The van der Waals surface area contributed by atoms with Crippen molar-refractivity contribution in [3.8, 4) is 0 Å². The van der Waals surface area contributed by atoms with E-state index in [1.807, 2.05) is 0 Å². The molecule has 1 aliphatic rings. The zero-order valence-corrected chi connectivity index (χ0v) is 14.8. The first-order valence-corrected chi connectivity index (χ1v) is 8.64. The highest BCUT2D eigenvalue weighted by atomic mass is 16.2. The number of nitrogens with zero attached hydrogens (tertiary/aromatic N) is 1. The molecule has 0 atom stereocenters. The SMILES string of the molecule is CC(=O)N(C)c1ccc(NC(=O)NCC(=O)NC2CCCCC2)cc1. The molecule has 4 amide bonds. The van der Waals surface area contributed by atoms with E-state index in [1.165, 1.54) is 18.2 Å². The summed E-state index contributed by atoms with van der Waals surface area (Å²) < 4.78 is 0. The first kappa shape index (κ1) is 18.8.